The number of fused-ring (bicyclic) bond motifs is 1. The molecule has 1 aromatic carbocycles. The molecule has 8 heteroatoms. The van der Waals surface area contributed by atoms with E-state index in [1.54, 1.807) is 24.5 Å². The maximum absolute atomic E-state index is 12.0. The summed E-state index contributed by atoms with van der Waals surface area (Å²) in [4.78, 5) is 26.0. The van der Waals surface area contributed by atoms with E-state index in [2.05, 4.69) is 21.0 Å². The van der Waals surface area contributed by atoms with Gasteiger partial charge in [-0.3, -0.25) is 20.2 Å². The molecule has 1 aromatic heterocycles. The highest BCUT2D eigenvalue weighted by Gasteiger charge is 2.20. The fourth-order valence-electron chi connectivity index (χ4n) is 1.82. The van der Waals surface area contributed by atoms with Crippen LogP contribution in [0.1, 0.15) is 26.3 Å². The number of hydrogen-bond donors (Lipinski definition) is 3. The molecule has 2 rings (SSSR count). The number of aryl methyl sites for hydroxylation is 1. The molecular formula is C14H20N6O2. The van der Waals surface area contributed by atoms with Crippen LogP contribution in [0.4, 0.5) is 10.5 Å². The number of urea groups is 1. The molecule has 0 aliphatic carbocycles. The van der Waals surface area contributed by atoms with E-state index in [0.29, 0.717) is 11.2 Å². The van der Waals surface area contributed by atoms with Crippen LogP contribution in [0.2, 0.25) is 0 Å². The third kappa shape index (κ3) is 3.67. The number of benzene rings is 1. The maximum Gasteiger partial charge on any atom is 0.352 e. The van der Waals surface area contributed by atoms with Crippen LogP contribution in [0.25, 0.3) is 11.0 Å². The SMILES string of the molecule is Cc1cc(N(NOC(C)(C)C)C(=O)NN)cc2nccnc12. The second-order valence-corrected chi connectivity index (χ2v) is 5.78. The second-order valence-electron chi connectivity index (χ2n) is 5.78. The van der Waals surface area contributed by atoms with Gasteiger partial charge in [-0.05, 0) is 45.4 Å². The van der Waals surface area contributed by atoms with Crippen LogP contribution >= 0.6 is 0 Å². The predicted octanol–water partition coefficient (Wildman–Crippen LogP) is 1.56. The monoisotopic (exact) mass is 304 g/mol. The first-order valence-corrected chi connectivity index (χ1v) is 6.77. The number of rotatable bonds is 3. The number of nitrogens with two attached hydrogens (primary N) is 1. The summed E-state index contributed by atoms with van der Waals surface area (Å²) < 4.78 is 0. The van der Waals surface area contributed by atoms with Crippen molar-refractivity contribution in [2.24, 2.45) is 5.84 Å². The fourth-order valence-corrected chi connectivity index (χ4v) is 1.82. The fraction of sp³-hybridized carbons (Fsp3) is 0.357. The van der Waals surface area contributed by atoms with E-state index in [1.807, 2.05) is 27.7 Å². The molecule has 2 amide bonds. The Balaban J connectivity index is 2.40. The lowest BCUT2D eigenvalue weighted by Gasteiger charge is -2.27. The zero-order valence-corrected chi connectivity index (χ0v) is 13.0. The minimum atomic E-state index is -0.563. The minimum absolute atomic E-state index is 0.487. The molecule has 0 aliphatic rings. The summed E-state index contributed by atoms with van der Waals surface area (Å²) in [6.45, 7) is 7.46. The quantitative estimate of drug-likeness (QED) is 0.451. The van der Waals surface area contributed by atoms with E-state index >= 15 is 0 Å². The van der Waals surface area contributed by atoms with Crippen molar-refractivity contribution in [2.45, 2.75) is 33.3 Å². The number of anilines is 1. The number of hydrazine groups is 2. The Hall–Kier alpha value is -2.29. The lowest BCUT2D eigenvalue weighted by molar-refractivity contribution is -0.0730. The number of amides is 2. The van der Waals surface area contributed by atoms with Crippen LogP contribution in [0.3, 0.4) is 0 Å². The first kappa shape index (κ1) is 16.1. The van der Waals surface area contributed by atoms with E-state index in [0.717, 1.165) is 11.1 Å². The molecule has 0 fully saturated rings. The highest BCUT2D eigenvalue weighted by atomic mass is 16.7. The largest absolute Gasteiger partial charge is 0.352 e. The van der Waals surface area contributed by atoms with Crippen molar-refractivity contribution >= 4 is 22.8 Å². The number of carbonyl (C=O) groups excluding carboxylic acids is 1. The molecule has 2 aromatic rings. The van der Waals surface area contributed by atoms with Crippen molar-refractivity contribution in [2.75, 3.05) is 5.01 Å². The van der Waals surface area contributed by atoms with Crippen LogP contribution in [-0.4, -0.2) is 21.6 Å². The van der Waals surface area contributed by atoms with Gasteiger partial charge in [0.1, 0.15) is 0 Å². The number of nitrogens with zero attached hydrogens (tertiary/aromatic N) is 3. The Morgan fingerprint density at radius 3 is 2.59 bits per heavy atom. The molecule has 4 N–H and O–H groups in total. The van der Waals surface area contributed by atoms with E-state index in [9.17, 15) is 4.79 Å². The van der Waals surface area contributed by atoms with Gasteiger partial charge in [0, 0.05) is 12.4 Å². The molecule has 0 bridgehead atoms. The lowest BCUT2D eigenvalue weighted by atomic mass is 10.1. The van der Waals surface area contributed by atoms with Gasteiger partial charge in [-0.2, -0.15) is 0 Å². The Labute approximate surface area is 128 Å². The summed E-state index contributed by atoms with van der Waals surface area (Å²) in [5, 5.41) is 1.17. The van der Waals surface area contributed by atoms with Crippen LogP contribution < -0.4 is 21.9 Å². The molecule has 0 atom stereocenters. The van der Waals surface area contributed by atoms with Crippen molar-refractivity contribution in [3.8, 4) is 0 Å². The van der Waals surface area contributed by atoms with Gasteiger partial charge in [0.15, 0.2) is 0 Å². The summed E-state index contributed by atoms with van der Waals surface area (Å²) in [6, 6.07) is 2.96. The average molecular weight is 304 g/mol. The highest BCUT2D eigenvalue weighted by Crippen LogP contribution is 2.22. The Morgan fingerprint density at radius 1 is 1.27 bits per heavy atom. The molecule has 8 nitrogen and oxygen atoms in total. The Bertz CT molecular complexity index is 683. The van der Waals surface area contributed by atoms with Crippen LogP contribution in [0, 0.1) is 6.92 Å². The van der Waals surface area contributed by atoms with Gasteiger partial charge in [0.2, 0.25) is 0 Å². The second kappa shape index (κ2) is 6.22. The molecule has 0 radical (unpaired) electrons. The third-order valence-corrected chi connectivity index (χ3v) is 2.78. The van der Waals surface area contributed by atoms with Gasteiger partial charge < -0.3 is 0 Å². The molecule has 22 heavy (non-hydrogen) atoms. The molecule has 0 saturated heterocycles. The lowest BCUT2D eigenvalue weighted by Crippen LogP contribution is -2.52. The summed E-state index contributed by atoms with van der Waals surface area (Å²) in [7, 11) is 0. The van der Waals surface area contributed by atoms with Crippen molar-refractivity contribution in [3.63, 3.8) is 0 Å². The molecular weight excluding hydrogens is 284 g/mol. The molecule has 0 aliphatic heterocycles. The third-order valence-electron chi connectivity index (χ3n) is 2.78. The topological polar surface area (TPSA) is 105 Å². The average Bonchev–Trinajstić information content (AvgIpc) is 2.46. The molecule has 118 valence electrons. The summed E-state index contributed by atoms with van der Waals surface area (Å²) >= 11 is 0. The smallest absolute Gasteiger partial charge is 0.276 e. The maximum atomic E-state index is 12.0. The summed E-state index contributed by atoms with van der Waals surface area (Å²) in [5.74, 6) is 5.24. The van der Waals surface area contributed by atoms with Crippen molar-refractivity contribution in [3.05, 3.63) is 30.1 Å². The molecule has 1 heterocycles. The predicted molar refractivity (Wildman–Crippen MR) is 83.4 cm³/mol. The number of nitrogens with one attached hydrogen (secondary N) is 2. The zero-order valence-electron chi connectivity index (χ0n) is 13.0. The Morgan fingerprint density at radius 2 is 1.95 bits per heavy atom. The number of aromatic nitrogens is 2. The first-order chi connectivity index (χ1) is 10.3. The molecule has 0 spiro atoms. The van der Waals surface area contributed by atoms with E-state index in [1.165, 1.54) is 5.01 Å². The highest BCUT2D eigenvalue weighted by molar-refractivity contribution is 5.93. The Kier molecular flexibility index (Phi) is 4.55. The molecule has 0 saturated carbocycles. The van der Waals surface area contributed by atoms with Crippen molar-refractivity contribution in [1.82, 2.24) is 21.0 Å². The van der Waals surface area contributed by atoms with Crippen LogP contribution in [0.5, 0.6) is 0 Å². The number of hydrogen-bond acceptors (Lipinski definition) is 6. The van der Waals surface area contributed by atoms with Gasteiger partial charge in [-0.15, -0.1) is 5.59 Å². The van der Waals surface area contributed by atoms with Crippen LogP contribution in [0.15, 0.2) is 24.5 Å². The zero-order chi connectivity index (χ0) is 16.3. The van der Waals surface area contributed by atoms with E-state index in [4.69, 9.17) is 10.7 Å². The van der Waals surface area contributed by atoms with Crippen LogP contribution in [-0.2, 0) is 4.84 Å². The summed E-state index contributed by atoms with van der Waals surface area (Å²) in [5.41, 5.74) is 7.07. The van der Waals surface area contributed by atoms with Gasteiger partial charge in [0.25, 0.3) is 0 Å². The van der Waals surface area contributed by atoms with Crippen molar-refractivity contribution < 1.29 is 9.63 Å². The minimum Gasteiger partial charge on any atom is -0.276 e. The molecule has 0 unspecified atom stereocenters. The van der Waals surface area contributed by atoms with Crippen molar-refractivity contribution in [1.29, 1.82) is 0 Å². The summed E-state index contributed by atoms with van der Waals surface area (Å²) in [6.07, 6.45) is 3.22. The van der Waals surface area contributed by atoms with E-state index in [-0.39, 0.29) is 0 Å². The van der Waals surface area contributed by atoms with Gasteiger partial charge in [0.05, 0.1) is 22.3 Å². The van der Waals surface area contributed by atoms with Gasteiger partial charge >= 0.3 is 6.03 Å². The number of carbonyl (C=O) groups is 1. The normalized spacial score (nSPS) is 11.5. The standard InChI is InChI=1S/C14H20N6O2/c1-9-7-10(8-11-12(9)17-6-5-16-11)20(13(21)18-15)19-22-14(2,3)4/h5-8,19H,15H2,1-4H3,(H,18,21). The van der Waals surface area contributed by atoms with Gasteiger partial charge in [-0.1, -0.05) is 0 Å². The first-order valence-electron chi connectivity index (χ1n) is 6.77. The van der Waals surface area contributed by atoms with Gasteiger partial charge in [-0.25, -0.2) is 15.6 Å². The van der Waals surface area contributed by atoms with E-state index < -0.39 is 11.6 Å².